The second-order valence-corrected chi connectivity index (χ2v) is 4.36. The maximum atomic E-state index is 13.8. The van der Waals surface area contributed by atoms with E-state index in [0.717, 1.165) is 5.56 Å². The van der Waals surface area contributed by atoms with Gasteiger partial charge >= 0.3 is 5.97 Å². The lowest BCUT2D eigenvalue weighted by Gasteiger charge is -2.04. The number of halogens is 1. The maximum absolute atomic E-state index is 13.8. The molecule has 17 heavy (non-hydrogen) atoms. The molecule has 2 nitrogen and oxygen atoms in total. The topological polar surface area (TPSA) is 26.3 Å². The predicted molar refractivity (Wildman–Crippen MR) is 65.4 cm³/mol. The molecular formula is C13H11FO2S. The lowest BCUT2D eigenvalue weighted by Crippen LogP contribution is -2.04. The summed E-state index contributed by atoms with van der Waals surface area (Å²) in [5.74, 6) is -0.683. The van der Waals surface area contributed by atoms with Crippen molar-refractivity contribution in [2.45, 2.75) is 6.42 Å². The highest BCUT2D eigenvalue weighted by Crippen LogP contribution is 2.25. The minimum Gasteiger partial charge on any atom is -0.469 e. The Hall–Kier alpha value is -1.68. The summed E-state index contributed by atoms with van der Waals surface area (Å²) in [5, 5.41) is 3.79. The third-order valence-electron chi connectivity index (χ3n) is 2.44. The van der Waals surface area contributed by atoms with Crippen LogP contribution in [0.2, 0.25) is 0 Å². The van der Waals surface area contributed by atoms with Gasteiger partial charge in [0.15, 0.2) is 0 Å². The van der Waals surface area contributed by atoms with E-state index < -0.39 is 0 Å². The molecule has 0 saturated heterocycles. The van der Waals surface area contributed by atoms with Gasteiger partial charge in [0.05, 0.1) is 13.5 Å². The lowest BCUT2D eigenvalue weighted by atomic mass is 10.0. The third kappa shape index (κ3) is 2.71. The average Bonchev–Trinajstić information content (AvgIpc) is 2.82. The molecule has 0 aliphatic carbocycles. The Bertz CT molecular complexity index is 520. The number of rotatable bonds is 3. The van der Waals surface area contributed by atoms with Gasteiger partial charge in [-0.25, -0.2) is 4.39 Å². The van der Waals surface area contributed by atoms with Crippen LogP contribution in [0.25, 0.3) is 11.1 Å². The standard InChI is InChI=1S/C13H11FO2S/c1-16-13(15)7-9-2-3-11(12(14)6-9)10-4-5-17-8-10/h2-6,8H,7H2,1H3. The van der Waals surface area contributed by atoms with Gasteiger partial charge in [0.2, 0.25) is 0 Å². The highest BCUT2D eigenvalue weighted by molar-refractivity contribution is 7.08. The predicted octanol–water partition coefficient (Wildman–Crippen LogP) is 3.27. The van der Waals surface area contributed by atoms with Gasteiger partial charge < -0.3 is 4.74 Å². The van der Waals surface area contributed by atoms with Crippen molar-refractivity contribution >= 4 is 17.3 Å². The molecule has 0 saturated carbocycles. The first kappa shape index (κ1) is 11.8. The van der Waals surface area contributed by atoms with Gasteiger partial charge in [-0.15, -0.1) is 0 Å². The SMILES string of the molecule is COC(=O)Cc1ccc(-c2ccsc2)c(F)c1. The molecule has 0 fully saturated rings. The monoisotopic (exact) mass is 250 g/mol. The summed E-state index contributed by atoms with van der Waals surface area (Å²) in [6.07, 6.45) is 0.0946. The van der Waals surface area contributed by atoms with Crippen LogP contribution in [-0.4, -0.2) is 13.1 Å². The zero-order valence-electron chi connectivity index (χ0n) is 9.27. The normalized spacial score (nSPS) is 10.2. The van der Waals surface area contributed by atoms with Gasteiger partial charge in [0.25, 0.3) is 0 Å². The van der Waals surface area contributed by atoms with E-state index in [9.17, 15) is 9.18 Å². The van der Waals surface area contributed by atoms with Crippen molar-refractivity contribution in [1.82, 2.24) is 0 Å². The number of thiophene rings is 1. The molecule has 0 unspecified atom stereocenters. The van der Waals surface area contributed by atoms with Gasteiger partial charge in [-0.3, -0.25) is 4.79 Å². The van der Waals surface area contributed by atoms with Crippen LogP contribution >= 0.6 is 11.3 Å². The Kier molecular flexibility index (Phi) is 3.54. The van der Waals surface area contributed by atoms with Crippen LogP contribution < -0.4 is 0 Å². The number of hydrogen-bond acceptors (Lipinski definition) is 3. The number of esters is 1. The lowest BCUT2D eigenvalue weighted by molar-refractivity contribution is -0.139. The van der Waals surface area contributed by atoms with Gasteiger partial charge in [-0.2, -0.15) is 11.3 Å². The highest BCUT2D eigenvalue weighted by atomic mass is 32.1. The summed E-state index contributed by atoms with van der Waals surface area (Å²) in [4.78, 5) is 11.1. The van der Waals surface area contributed by atoms with Crippen molar-refractivity contribution in [3.05, 3.63) is 46.4 Å². The number of ether oxygens (including phenoxy) is 1. The fraction of sp³-hybridized carbons (Fsp3) is 0.154. The minimum atomic E-state index is -0.368. The van der Waals surface area contributed by atoms with E-state index in [4.69, 9.17) is 0 Å². The van der Waals surface area contributed by atoms with Crippen LogP contribution in [0, 0.1) is 5.82 Å². The summed E-state index contributed by atoms with van der Waals surface area (Å²) in [6, 6.07) is 6.68. The Labute approximate surface area is 103 Å². The van der Waals surface area contributed by atoms with E-state index in [2.05, 4.69) is 4.74 Å². The maximum Gasteiger partial charge on any atom is 0.309 e. The average molecular weight is 250 g/mol. The Morgan fingerprint density at radius 2 is 2.24 bits per heavy atom. The zero-order valence-corrected chi connectivity index (χ0v) is 10.1. The molecule has 0 amide bonds. The molecule has 0 aliphatic heterocycles. The van der Waals surface area contributed by atoms with Crippen LogP contribution in [0.3, 0.4) is 0 Å². The van der Waals surface area contributed by atoms with E-state index >= 15 is 0 Å². The van der Waals surface area contributed by atoms with E-state index in [0.29, 0.717) is 11.1 Å². The largest absolute Gasteiger partial charge is 0.469 e. The van der Waals surface area contributed by atoms with Crippen LogP contribution in [0.1, 0.15) is 5.56 Å². The van der Waals surface area contributed by atoms with E-state index in [1.165, 1.54) is 24.5 Å². The van der Waals surface area contributed by atoms with Crippen molar-refractivity contribution < 1.29 is 13.9 Å². The van der Waals surface area contributed by atoms with E-state index in [1.54, 1.807) is 12.1 Å². The smallest absolute Gasteiger partial charge is 0.309 e. The fourth-order valence-corrected chi connectivity index (χ4v) is 2.22. The first-order chi connectivity index (χ1) is 8.20. The molecule has 2 rings (SSSR count). The summed E-state index contributed by atoms with van der Waals surface area (Å²) >= 11 is 1.52. The molecule has 0 aliphatic rings. The Morgan fingerprint density at radius 3 is 2.82 bits per heavy atom. The number of benzene rings is 1. The Morgan fingerprint density at radius 1 is 1.41 bits per heavy atom. The second-order valence-electron chi connectivity index (χ2n) is 3.58. The molecule has 4 heteroatoms. The summed E-state index contributed by atoms with van der Waals surface area (Å²) in [6.45, 7) is 0. The van der Waals surface area contributed by atoms with E-state index in [1.807, 2.05) is 16.8 Å². The third-order valence-corrected chi connectivity index (χ3v) is 3.13. The molecule has 1 aromatic carbocycles. The molecule has 0 atom stereocenters. The van der Waals surface area contributed by atoms with Crippen molar-refractivity contribution in [1.29, 1.82) is 0 Å². The van der Waals surface area contributed by atoms with Crippen LogP contribution in [-0.2, 0) is 16.0 Å². The van der Waals surface area contributed by atoms with Crippen molar-refractivity contribution in [3.63, 3.8) is 0 Å². The summed E-state index contributed by atoms with van der Waals surface area (Å²) in [5.41, 5.74) is 2.03. The number of carbonyl (C=O) groups excluding carboxylic acids is 1. The number of hydrogen-bond donors (Lipinski definition) is 0. The highest BCUT2D eigenvalue weighted by Gasteiger charge is 2.09. The number of carbonyl (C=O) groups is 1. The molecule has 1 heterocycles. The van der Waals surface area contributed by atoms with Crippen LogP contribution in [0.5, 0.6) is 0 Å². The van der Waals surface area contributed by atoms with Crippen molar-refractivity contribution in [2.24, 2.45) is 0 Å². The molecular weight excluding hydrogens is 239 g/mol. The molecule has 88 valence electrons. The molecule has 0 N–H and O–H groups in total. The van der Waals surface area contributed by atoms with Crippen LogP contribution in [0.15, 0.2) is 35.0 Å². The fourth-order valence-electron chi connectivity index (χ4n) is 1.56. The first-order valence-electron chi connectivity index (χ1n) is 5.08. The second kappa shape index (κ2) is 5.10. The van der Waals surface area contributed by atoms with Gasteiger partial charge in [-0.1, -0.05) is 12.1 Å². The summed E-state index contributed by atoms with van der Waals surface area (Å²) in [7, 11) is 1.32. The molecule has 2 aromatic rings. The number of methoxy groups -OCH3 is 1. The quantitative estimate of drug-likeness (QED) is 0.781. The Balaban J connectivity index is 2.26. The van der Waals surface area contributed by atoms with Gasteiger partial charge in [0, 0.05) is 5.56 Å². The van der Waals surface area contributed by atoms with Gasteiger partial charge in [-0.05, 0) is 34.0 Å². The molecule has 1 aromatic heterocycles. The first-order valence-corrected chi connectivity index (χ1v) is 6.03. The van der Waals surface area contributed by atoms with Gasteiger partial charge in [0.1, 0.15) is 5.82 Å². The zero-order chi connectivity index (χ0) is 12.3. The summed E-state index contributed by atoms with van der Waals surface area (Å²) < 4.78 is 18.4. The van der Waals surface area contributed by atoms with E-state index in [-0.39, 0.29) is 18.2 Å². The minimum absolute atomic E-state index is 0.0946. The van der Waals surface area contributed by atoms with Crippen molar-refractivity contribution in [2.75, 3.05) is 7.11 Å². The molecule has 0 bridgehead atoms. The molecule has 0 spiro atoms. The van der Waals surface area contributed by atoms with Crippen molar-refractivity contribution in [3.8, 4) is 11.1 Å². The van der Waals surface area contributed by atoms with Crippen LogP contribution in [0.4, 0.5) is 4.39 Å². The molecule has 0 radical (unpaired) electrons.